The minimum absolute atomic E-state index is 0.280. The molecule has 0 saturated heterocycles. The minimum Gasteiger partial charge on any atom is -0.389 e. The molecular formula is C10H14N4OS. The summed E-state index contributed by atoms with van der Waals surface area (Å²) in [7, 11) is 0. The number of hydrogen-bond donors (Lipinski definition) is 3. The summed E-state index contributed by atoms with van der Waals surface area (Å²) in [6.45, 7) is 3.34. The van der Waals surface area contributed by atoms with Gasteiger partial charge >= 0.3 is 0 Å². The van der Waals surface area contributed by atoms with Crippen LogP contribution in [0.5, 0.6) is 0 Å². The Bertz CT molecular complexity index is 431. The van der Waals surface area contributed by atoms with Crippen molar-refractivity contribution in [2.75, 3.05) is 5.32 Å². The molecule has 0 aromatic carbocycles. The lowest BCUT2D eigenvalue weighted by molar-refractivity contribution is -0.121. The third kappa shape index (κ3) is 2.90. The zero-order valence-electron chi connectivity index (χ0n) is 9.15. The lowest BCUT2D eigenvalue weighted by Crippen LogP contribution is -2.45. The maximum atomic E-state index is 11.1. The second kappa shape index (κ2) is 4.44. The van der Waals surface area contributed by atoms with Gasteiger partial charge in [0.1, 0.15) is 16.3 Å². The predicted molar refractivity (Wildman–Crippen MR) is 67.0 cm³/mol. The van der Waals surface area contributed by atoms with Gasteiger partial charge in [-0.3, -0.25) is 4.79 Å². The Balaban J connectivity index is 2.94. The van der Waals surface area contributed by atoms with Crippen molar-refractivity contribution in [3.05, 3.63) is 23.9 Å². The Labute approximate surface area is 99.2 Å². The molecule has 0 radical (unpaired) electrons. The van der Waals surface area contributed by atoms with Crippen LogP contribution in [0.2, 0.25) is 0 Å². The number of nitrogens with two attached hydrogens (primary N) is 2. The van der Waals surface area contributed by atoms with Gasteiger partial charge in [0.05, 0.1) is 0 Å². The van der Waals surface area contributed by atoms with E-state index in [-0.39, 0.29) is 4.99 Å². The Morgan fingerprint density at radius 2 is 2.12 bits per heavy atom. The molecule has 5 nitrogen and oxygen atoms in total. The molecule has 86 valence electrons. The maximum absolute atomic E-state index is 11.1. The molecule has 1 heterocycles. The summed E-state index contributed by atoms with van der Waals surface area (Å²) < 4.78 is 0. The van der Waals surface area contributed by atoms with E-state index in [2.05, 4.69) is 10.3 Å². The fourth-order valence-electron chi connectivity index (χ4n) is 1.03. The highest BCUT2D eigenvalue weighted by molar-refractivity contribution is 7.80. The van der Waals surface area contributed by atoms with Crippen molar-refractivity contribution in [2.24, 2.45) is 11.5 Å². The van der Waals surface area contributed by atoms with Crippen LogP contribution < -0.4 is 16.8 Å². The first-order chi connectivity index (χ1) is 7.33. The van der Waals surface area contributed by atoms with Gasteiger partial charge in [-0.2, -0.15) is 0 Å². The Morgan fingerprint density at radius 3 is 2.62 bits per heavy atom. The first-order valence-corrected chi connectivity index (χ1v) is 5.08. The molecule has 1 rings (SSSR count). The molecule has 0 aliphatic rings. The average Bonchev–Trinajstić information content (AvgIpc) is 2.17. The third-order valence-electron chi connectivity index (χ3n) is 2.10. The number of primary amides is 1. The monoisotopic (exact) mass is 238 g/mol. The molecule has 1 aromatic heterocycles. The molecule has 0 fully saturated rings. The van der Waals surface area contributed by atoms with Crippen LogP contribution in [0.4, 0.5) is 5.82 Å². The molecule has 0 saturated carbocycles. The number of amides is 1. The molecule has 5 N–H and O–H groups in total. The number of nitrogens with zero attached hydrogens (tertiary/aromatic N) is 1. The van der Waals surface area contributed by atoms with Crippen molar-refractivity contribution < 1.29 is 4.79 Å². The van der Waals surface area contributed by atoms with E-state index in [4.69, 9.17) is 23.7 Å². The van der Waals surface area contributed by atoms with Crippen molar-refractivity contribution in [1.82, 2.24) is 4.98 Å². The normalized spacial score (nSPS) is 10.9. The van der Waals surface area contributed by atoms with E-state index >= 15 is 0 Å². The van der Waals surface area contributed by atoms with Gasteiger partial charge in [-0.05, 0) is 26.0 Å². The first kappa shape index (κ1) is 12.4. The maximum Gasteiger partial charge on any atom is 0.242 e. The van der Waals surface area contributed by atoms with E-state index < -0.39 is 11.4 Å². The summed E-state index contributed by atoms with van der Waals surface area (Å²) in [5.41, 5.74) is 10.5. The second-order valence-electron chi connectivity index (χ2n) is 3.91. The topological polar surface area (TPSA) is 94.0 Å². The van der Waals surface area contributed by atoms with Crippen molar-refractivity contribution >= 4 is 28.9 Å². The lowest BCUT2D eigenvalue weighted by atomic mass is 10.1. The smallest absolute Gasteiger partial charge is 0.242 e. The Kier molecular flexibility index (Phi) is 3.44. The highest BCUT2D eigenvalue weighted by atomic mass is 32.1. The van der Waals surface area contributed by atoms with E-state index in [9.17, 15) is 4.79 Å². The van der Waals surface area contributed by atoms with Gasteiger partial charge in [-0.1, -0.05) is 12.2 Å². The predicted octanol–water partition coefficient (Wildman–Crippen LogP) is 0.392. The van der Waals surface area contributed by atoms with Crippen LogP contribution in [0.15, 0.2) is 18.3 Å². The Morgan fingerprint density at radius 1 is 1.50 bits per heavy atom. The quantitative estimate of drug-likeness (QED) is 0.660. The molecule has 0 aliphatic carbocycles. The number of hydrogen-bond acceptors (Lipinski definition) is 4. The SMILES string of the molecule is CC(C)(Nc1cc(C(N)=S)ccn1)C(N)=O. The number of nitrogens with one attached hydrogen (secondary N) is 1. The fraction of sp³-hybridized carbons (Fsp3) is 0.300. The molecule has 1 aromatic rings. The van der Waals surface area contributed by atoms with E-state index in [1.54, 1.807) is 32.2 Å². The zero-order valence-corrected chi connectivity index (χ0v) is 9.97. The number of aromatic nitrogens is 1. The summed E-state index contributed by atoms with van der Waals surface area (Å²) in [6.07, 6.45) is 1.56. The largest absolute Gasteiger partial charge is 0.389 e. The van der Waals surface area contributed by atoms with Crippen molar-refractivity contribution in [3.63, 3.8) is 0 Å². The van der Waals surface area contributed by atoms with Crippen molar-refractivity contribution in [3.8, 4) is 0 Å². The Hall–Kier alpha value is -1.69. The number of carbonyl (C=O) groups excluding carboxylic acids is 1. The number of anilines is 1. The number of thiocarbonyl (C=S) groups is 1. The van der Waals surface area contributed by atoms with E-state index in [1.807, 2.05) is 0 Å². The fourth-order valence-corrected chi connectivity index (χ4v) is 1.16. The lowest BCUT2D eigenvalue weighted by Gasteiger charge is -2.23. The van der Waals surface area contributed by atoms with Crippen LogP contribution >= 0.6 is 12.2 Å². The molecule has 0 aliphatic heterocycles. The van der Waals surface area contributed by atoms with Crippen LogP contribution in [0, 0.1) is 0 Å². The van der Waals surface area contributed by atoms with Gasteiger partial charge in [-0.15, -0.1) is 0 Å². The van der Waals surface area contributed by atoms with Crippen LogP contribution in [-0.2, 0) is 4.79 Å². The minimum atomic E-state index is -0.873. The number of rotatable bonds is 4. The van der Waals surface area contributed by atoms with E-state index in [0.717, 1.165) is 0 Å². The van der Waals surface area contributed by atoms with Gasteiger partial charge < -0.3 is 16.8 Å². The molecule has 0 unspecified atom stereocenters. The summed E-state index contributed by atoms with van der Waals surface area (Å²) in [4.78, 5) is 15.5. The van der Waals surface area contributed by atoms with Gasteiger partial charge in [0.25, 0.3) is 0 Å². The highest BCUT2D eigenvalue weighted by Gasteiger charge is 2.24. The van der Waals surface area contributed by atoms with E-state index in [1.165, 1.54) is 0 Å². The molecule has 0 bridgehead atoms. The van der Waals surface area contributed by atoms with Gasteiger partial charge in [-0.25, -0.2) is 4.98 Å². The standard InChI is InChI=1S/C10H14N4OS/c1-10(2,9(12)15)14-7-5-6(8(11)16)3-4-13-7/h3-5H,1-2H3,(H2,11,16)(H2,12,15)(H,13,14). The zero-order chi connectivity index (χ0) is 12.3. The molecule has 0 atom stereocenters. The molecular weight excluding hydrogens is 224 g/mol. The van der Waals surface area contributed by atoms with Crippen molar-refractivity contribution in [1.29, 1.82) is 0 Å². The second-order valence-corrected chi connectivity index (χ2v) is 4.35. The van der Waals surface area contributed by atoms with Gasteiger partial charge in [0.15, 0.2) is 0 Å². The molecule has 6 heteroatoms. The van der Waals surface area contributed by atoms with Gasteiger partial charge in [0, 0.05) is 11.8 Å². The molecule has 1 amide bonds. The summed E-state index contributed by atoms with van der Waals surface area (Å²) in [6, 6.07) is 3.37. The van der Waals surface area contributed by atoms with Gasteiger partial charge in [0.2, 0.25) is 5.91 Å². The molecule has 16 heavy (non-hydrogen) atoms. The third-order valence-corrected chi connectivity index (χ3v) is 2.34. The van der Waals surface area contributed by atoms with Crippen LogP contribution in [0.25, 0.3) is 0 Å². The van der Waals surface area contributed by atoms with Crippen LogP contribution in [0.1, 0.15) is 19.4 Å². The van der Waals surface area contributed by atoms with Crippen LogP contribution in [-0.4, -0.2) is 21.4 Å². The molecule has 0 spiro atoms. The van der Waals surface area contributed by atoms with E-state index in [0.29, 0.717) is 11.4 Å². The highest BCUT2D eigenvalue weighted by Crippen LogP contribution is 2.13. The number of carbonyl (C=O) groups is 1. The first-order valence-electron chi connectivity index (χ1n) is 4.67. The average molecular weight is 238 g/mol. The summed E-state index contributed by atoms with van der Waals surface area (Å²) in [5.74, 6) is 0.0455. The van der Waals surface area contributed by atoms with Crippen molar-refractivity contribution in [2.45, 2.75) is 19.4 Å². The number of pyridine rings is 1. The summed E-state index contributed by atoms with van der Waals surface area (Å²) >= 11 is 4.85. The van der Waals surface area contributed by atoms with Crippen LogP contribution in [0.3, 0.4) is 0 Å². The summed E-state index contributed by atoms with van der Waals surface area (Å²) in [5, 5.41) is 2.91.